The van der Waals surface area contributed by atoms with Crippen molar-refractivity contribution in [3.63, 3.8) is 0 Å². The average Bonchev–Trinajstić information content (AvgIpc) is 2.55. The van der Waals surface area contributed by atoms with Crippen LogP contribution >= 0.6 is 11.8 Å². The summed E-state index contributed by atoms with van der Waals surface area (Å²) >= 11 is 1.45. The van der Waals surface area contributed by atoms with Gasteiger partial charge < -0.3 is 0 Å². The molecule has 0 aliphatic carbocycles. The zero-order chi connectivity index (χ0) is 12.4. The van der Waals surface area contributed by atoms with Gasteiger partial charge in [-0.1, -0.05) is 13.0 Å². The second-order valence-electron chi connectivity index (χ2n) is 3.70. The van der Waals surface area contributed by atoms with E-state index < -0.39 is 5.82 Å². The van der Waals surface area contributed by atoms with E-state index in [1.807, 2.05) is 6.92 Å². The molecule has 0 aromatic heterocycles. The van der Waals surface area contributed by atoms with E-state index in [1.165, 1.54) is 30.0 Å². The minimum atomic E-state index is -0.449. The fourth-order valence-corrected chi connectivity index (χ4v) is 2.73. The monoisotopic (exact) mass is 253 g/mol. The number of thioether (sulfide) groups is 1. The second-order valence-corrected chi connectivity index (χ2v) is 5.18. The third kappa shape index (κ3) is 2.34. The van der Waals surface area contributed by atoms with E-state index in [1.54, 1.807) is 6.07 Å². The number of rotatable bonds is 3. The standard InChI is InChI=1S/C12H12FNO2S/c1-2-17-10-7-11(15)14(12(10)16)9-5-3-4-8(13)6-9/h3-6,10H,2,7H2,1H3/t10-/m0/s1. The molecule has 1 aromatic carbocycles. The highest BCUT2D eigenvalue weighted by molar-refractivity contribution is 8.00. The van der Waals surface area contributed by atoms with Gasteiger partial charge in [-0.2, -0.15) is 0 Å². The third-order valence-electron chi connectivity index (χ3n) is 2.54. The normalized spacial score (nSPS) is 20.1. The number of anilines is 1. The van der Waals surface area contributed by atoms with Crippen molar-refractivity contribution < 1.29 is 14.0 Å². The molecule has 0 N–H and O–H groups in total. The maximum Gasteiger partial charge on any atom is 0.247 e. The molecule has 5 heteroatoms. The van der Waals surface area contributed by atoms with Crippen LogP contribution in [0.25, 0.3) is 0 Å². The Labute approximate surface area is 103 Å². The molecule has 1 aliphatic rings. The molecule has 0 unspecified atom stereocenters. The highest BCUT2D eigenvalue weighted by Gasteiger charge is 2.39. The van der Waals surface area contributed by atoms with Crippen molar-refractivity contribution >= 4 is 29.3 Å². The van der Waals surface area contributed by atoms with Gasteiger partial charge in [0.25, 0.3) is 0 Å². The molecular weight excluding hydrogens is 241 g/mol. The highest BCUT2D eigenvalue weighted by atomic mass is 32.2. The van der Waals surface area contributed by atoms with Gasteiger partial charge in [-0.05, 0) is 24.0 Å². The second kappa shape index (κ2) is 4.87. The van der Waals surface area contributed by atoms with Gasteiger partial charge in [-0.25, -0.2) is 9.29 Å². The molecule has 1 heterocycles. The molecule has 1 aromatic rings. The first-order valence-corrected chi connectivity index (χ1v) is 6.42. The number of carbonyl (C=O) groups excluding carboxylic acids is 2. The molecule has 3 nitrogen and oxygen atoms in total. The van der Waals surface area contributed by atoms with Gasteiger partial charge in [0.2, 0.25) is 11.8 Å². The average molecular weight is 253 g/mol. The summed E-state index contributed by atoms with van der Waals surface area (Å²) in [6.45, 7) is 1.94. The maximum absolute atomic E-state index is 13.1. The predicted octanol–water partition coefficient (Wildman–Crippen LogP) is 2.21. The maximum atomic E-state index is 13.1. The molecule has 0 spiro atoms. The number of amides is 2. The number of imide groups is 1. The minimum Gasteiger partial charge on any atom is -0.274 e. The topological polar surface area (TPSA) is 37.4 Å². The molecule has 1 fully saturated rings. The van der Waals surface area contributed by atoms with E-state index in [-0.39, 0.29) is 23.5 Å². The SMILES string of the molecule is CCS[C@H]1CC(=O)N(c2cccc(F)c2)C1=O. The lowest BCUT2D eigenvalue weighted by Gasteiger charge is -2.14. The van der Waals surface area contributed by atoms with E-state index in [2.05, 4.69) is 0 Å². The molecular formula is C12H12FNO2S. The van der Waals surface area contributed by atoms with Gasteiger partial charge in [-0.15, -0.1) is 11.8 Å². The molecule has 1 saturated heterocycles. The van der Waals surface area contributed by atoms with E-state index in [9.17, 15) is 14.0 Å². The van der Waals surface area contributed by atoms with Crippen molar-refractivity contribution in [1.29, 1.82) is 0 Å². The van der Waals surface area contributed by atoms with Gasteiger partial charge in [0.15, 0.2) is 0 Å². The number of hydrogen-bond donors (Lipinski definition) is 0. The van der Waals surface area contributed by atoms with Crippen molar-refractivity contribution in [3.05, 3.63) is 30.1 Å². The highest BCUT2D eigenvalue weighted by Crippen LogP contribution is 2.29. The van der Waals surface area contributed by atoms with Crippen molar-refractivity contribution in [3.8, 4) is 0 Å². The molecule has 0 bridgehead atoms. The summed E-state index contributed by atoms with van der Waals surface area (Å²) in [7, 11) is 0. The van der Waals surface area contributed by atoms with Crippen LogP contribution in [0, 0.1) is 5.82 Å². The molecule has 2 rings (SSSR count). The first-order chi connectivity index (χ1) is 8.13. The zero-order valence-corrected chi connectivity index (χ0v) is 10.2. The molecule has 0 radical (unpaired) electrons. The summed E-state index contributed by atoms with van der Waals surface area (Å²) in [4.78, 5) is 24.8. The molecule has 1 aliphatic heterocycles. The van der Waals surface area contributed by atoms with Crippen LogP contribution in [0.3, 0.4) is 0 Å². The summed E-state index contributed by atoms with van der Waals surface area (Å²) in [5.41, 5.74) is 0.319. The van der Waals surface area contributed by atoms with E-state index in [4.69, 9.17) is 0 Å². The van der Waals surface area contributed by atoms with Gasteiger partial charge in [0.1, 0.15) is 5.82 Å². The Kier molecular flexibility index (Phi) is 3.47. The van der Waals surface area contributed by atoms with Gasteiger partial charge in [-0.3, -0.25) is 9.59 Å². The zero-order valence-electron chi connectivity index (χ0n) is 9.35. The van der Waals surface area contributed by atoms with Gasteiger partial charge >= 0.3 is 0 Å². The molecule has 1 atom stereocenters. The smallest absolute Gasteiger partial charge is 0.247 e. The Morgan fingerprint density at radius 3 is 2.88 bits per heavy atom. The van der Waals surface area contributed by atoms with Crippen molar-refractivity contribution in [2.75, 3.05) is 10.7 Å². The van der Waals surface area contributed by atoms with Gasteiger partial charge in [0, 0.05) is 6.42 Å². The minimum absolute atomic E-state index is 0.202. The molecule has 0 saturated carbocycles. The summed E-state index contributed by atoms with van der Waals surface area (Å²) in [6, 6.07) is 5.55. The summed E-state index contributed by atoms with van der Waals surface area (Å²) < 4.78 is 13.1. The van der Waals surface area contributed by atoms with Crippen LogP contribution in [0.1, 0.15) is 13.3 Å². The molecule has 2 amide bonds. The van der Waals surface area contributed by atoms with Gasteiger partial charge in [0.05, 0.1) is 10.9 Å². The van der Waals surface area contributed by atoms with Crippen LogP contribution in [-0.4, -0.2) is 22.8 Å². The Balaban J connectivity index is 2.27. The van der Waals surface area contributed by atoms with E-state index in [0.717, 1.165) is 10.7 Å². The Bertz CT molecular complexity index is 464. The van der Waals surface area contributed by atoms with Crippen LogP contribution in [0.5, 0.6) is 0 Å². The number of carbonyl (C=O) groups is 2. The third-order valence-corrected chi connectivity index (χ3v) is 3.64. The Morgan fingerprint density at radius 1 is 1.47 bits per heavy atom. The van der Waals surface area contributed by atoms with Crippen LogP contribution in [0.2, 0.25) is 0 Å². The number of benzene rings is 1. The lowest BCUT2D eigenvalue weighted by atomic mass is 10.3. The number of halogens is 1. The van der Waals surface area contributed by atoms with Crippen molar-refractivity contribution in [1.82, 2.24) is 0 Å². The summed E-state index contributed by atoms with van der Waals surface area (Å²) in [6.07, 6.45) is 0.202. The number of hydrogen-bond acceptors (Lipinski definition) is 3. The van der Waals surface area contributed by atoms with E-state index in [0.29, 0.717) is 5.69 Å². The summed E-state index contributed by atoms with van der Waals surface area (Å²) in [5.74, 6) is -0.172. The van der Waals surface area contributed by atoms with Crippen LogP contribution in [-0.2, 0) is 9.59 Å². The fraction of sp³-hybridized carbons (Fsp3) is 0.333. The molecule has 90 valence electrons. The Morgan fingerprint density at radius 2 is 2.24 bits per heavy atom. The summed E-state index contributed by atoms with van der Waals surface area (Å²) in [5, 5.41) is -0.323. The first-order valence-electron chi connectivity index (χ1n) is 5.37. The van der Waals surface area contributed by atoms with Crippen LogP contribution in [0.15, 0.2) is 24.3 Å². The van der Waals surface area contributed by atoms with Crippen molar-refractivity contribution in [2.45, 2.75) is 18.6 Å². The largest absolute Gasteiger partial charge is 0.274 e. The lowest BCUT2D eigenvalue weighted by molar-refractivity contribution is -0.121. The lowest BCUT2D eigenvalue weighted by Crippen LogP contribution is -2.31. The first kappa shape index (κ1) is 12.1. The number of nitrogens with zero attached hydrogens (tertiary/aromatic N) is 1. The molecule has 17 heavy (non-hydrogen) atoms. The van der Waals surface area contributed by atoms with E-state index >= 15 is 0 Å². The van der Waals surface area contributed by atoms with Crippen LogP contribution in [0.4, 0.5) is 10.1 Å². The Hall–Kier alpha value is -1.36. The quantitative estimate of drug-likeness (QED) is 0.775. The van der Waals surface area contributed by atoms with Crippen LogP contribution < -0.4 is 4.90 Å². The predicted molar refractivity (Wildman–Crippen MR) is 65.4 cm³/mol. The fourth-order valence-electron chi connectivity index (χ4n) is 1.82. The van der Waals surface area contributed by atoms with Crippen molar-refractivity contribution in [2.24, 2.45) is 0 Å².